The van der Waals surface area contributed by atoms with E-state index >= 15 is 0 Å². The second-order valence-electron chi connectivity index (χ2n) is 5.45. The molecule has 2 nitrogen and oxygen atoms in total. The third-order valence-electron chi connectivity index (χ3n) is 3.11. The molecule has 1 aromatic carbocycles. The molecule has 1 atom stereocenters. The number of benzene rings is 1. The topological polar surface area (TPSA) is 29.3 Å². The van der Waals surface area contributed by atoms with Gasteiger partial charge < -0.3 is 10.6 Å². The predicted molar refractivity (Wildman–Crippen MR) is 76.4 cm³/mol. The quantitative estimate of drug-likeness (QED) is 0.819. The van der Waals surface area contributed by atoms with Gasteiger partial charge in [0.2, 0.25) is 0 Å². The van der Waals surface area contributed by atoms with Crippen molar-refractivity contribution in [2.45, 2.75) is 27.2 Å². The van der Waals surface area contributed by atoms with Gasteiger partial charge in [-0.2, -0.15) is 0 Å². The highest BCUT2D eigenvalue weighted by Crippen LogP contribution is 2.18. The predicted octanol–water partition coefficient (Wildman–Crippen LogP) is 3.05. The lowest BCUT2D eigenvalue weighted by molar-refractivity contribution is 0.419. The molecule has 17 heavy (non-hydrogen) atoms. The van der Waals surface area contributed by atoms with Gasteiger partial charge in [-0.05, 0) is 49.4 Å². The molecule has 0 aliphatic heterocycles. The van der Waals surface area contributed by atoms with E-state index in [2.05, 4.69) is 57.0 Å². The number of rotatable bonds is 6. The van der Waals surface area contributed by atoms with Crippen LogP contribution < -0.4 is 10.6 Å². The Bertz CT molecular complexity index is 333. The molecule has 1 aromatic rings. The van der Waals surface area contributed by atoms with E-state index in [1.807, 2.05) is 0 Å². The van der Waals surface area contributed by atoms with Crippen LogP contribution in [0.2, 0.25) is 0 Å². The molecule has 0 spiro atoms. The summed E-state index contributed by atoms with van der Waals surface area (Å²) in [4.78, 5) is 2.31. The van der Waals surface area contributed by atoms with Gasteiger partial charge in [0.25, 0.3) is 0 Å². The zero-order chi connectivity index (χ0) is 12.8. The molecule has 0 saturated heterocycles. The minimum Gasteiger partial charge on any atom is -0.374 e. The average Bonchev–Trinajstić information content (AvgIpc) is 2.27. The SMILES string of the molecule is Cc1cccc(N(C)CC(CN)CC(C)C)c1. The molecule has 0 saturated carbocycles. The highest BCUT2D eigenvalue weighted by molar-refractivity contribution is 5.47. The highest BCUT2D eigenvalue weighted by Gasteiger charge is 2.12. The number of nitrogens with zero attached hydrogens (tertiary/aromatic N) is 1. The smallest absolute Gasteiger partial charge is 0.0366 e. The second-order valence-corrected chi connectivity index (χ2v) is 5.45. The Labute approximate surface area is 106 Å². The molecule has 2 N–H and O–H groups in total. The molecule has 2 heteroatoms. The van der Waals surface area contributed by atoms with Crippen molar-refractivity contribution in [3.8, 4) is 0 Å². The van der Waals surface area contributed by atoms with Crippen LogP contribution in [0.3, 0.4) is 0 Å². The Morgan fingerprint density at radius 1 is 1.29 bits per heavy atom. The Kier molecular flexibility index (Phi) is 5.49. The van der Waals surface area contributed by atoms with Crippen molar-refractivity contribution >= 4 is 5.69 Å². The summed E-state index contributed by atoms with van der Waals surface area (Å²) in [6.07, 6.45) is 1.20. The molecule has 0 aliphatic carbocycles. The molecule has 0 aliphatic rings. The van der Waals surface area contributed by atoms with Crippen LogP contribution in [0.25, 0.3) is 0 Å². The Hall–Kier alpha value is -1.02. The number of anilines is 1. The number of aryl methyl sites for hydroxylation is 1. The largest absolute Gasteiger partial charge is 0.374 e. The Balaban J connectivity index is 2.60. The van der Waals surface area contributed by atoms with Crippen LogP contribution in [-0.4, -0.2) is 20.1 Å². The number of hydrogen-bond acceptors (Lipinski definition) is 2. The van der Waals surface area contributed by atoms with Crippen molar-refractivity contribution in [2.24, 2.45) is 17.6 Å². The maximum Gasteiger partial charge on any atom is 0.0366 e. The van der Waals surface area contributed by atoms with Crippen molar-refractivity contribution in [1.29, 1.82) is 0 Å². The summed E-state index contributed by atoms with van der Waals surface area (Å²) >= 11 is 0. The lowest BCUT2D eigenvalue weighted by Gasteiger charge is -2.26. The monoisotopic (exact) mass is 234 g/mol. The highest BCUT2D eigenvalue weighted by atomic mass is 15.1. The van der Waals surface area contributed by atoms with Gasteiger partial charge in [0.15, 0.2) is 0 Å². The molecule has 1 rings (SSSR count). The second kappa shape index (κ2) is 6.65. The first-order chi connectivity index (χ1) is 8.02. The van der Waals surface area contributed by atoms with E-state index in [0.29, 0.717) is 5.92 Å². The van der Waals surface area contributed by atoms with Crippen LogP contribution in [0.5, 0.6) is 0 Å². The Morgan fingerprint density at radius 2 is 2.00 bits per heavy atom. The maximum atomic E-state index is 5.85. The first-order valence-corrected chi connectivity index (χ1v) is 6.50. The van der Waals surface area contributed by atoms with E-state index in [-0.39, 0.29) is 0 Å². The molecule has 1 unspecified atom stereocenters. The lowest BCUT2D eigenvalue weighted by atomic mass is 9.96. The van der Waals surface area contributed by atoms with Gasteiger partial charge >= 0.3 is 0 Å². The minimum absolute atomic E-state index is 0.584. The average molecular weight is 234 g/mol. The fourth-order valence-corrected chi connectivity index (χ4v) is 2.27. The lowest BCUT2D eigenvalue weighted by Crippen LogP contribution is -2.31. The molecule has 96 valence electrons. The summed E-state index contributed by atoms with van der Waals surface area (Å²) in [6, 6.07) is 8.63. The van der Waals surface area contributed by atoms with Crippen LogP contribution in [0.1, 0.15) is 25.8 Å². The fourth-order valence-electron chi connectivity index (χ4n) is 2.27. The van der Waals surface area contributed by atoms with Crippen molar-refractivity contribution in [2.75, 3.05) is 25.0 Å². The Morgan fingerprint density at radius 3 is 2.53 bits per heavy atom. The van der Waals surface area contributed by atoms with Crippen molar-refractivity contribution in [3.63, 3.8) is 0 Å². The molecular weight excluding hydrogens is 208 g/mol. The van der Waals surface area contributed by atoms with Crippen LogP contribution in [0, 0.1) is 18.8 Å². The fraction of sp³-hybridized carbons (Fsp3) is 0.600. The zero-order valence-electron chi connectivity index (χ0n) is 11.6. The van der Waals surface area contributed by atoms with Crippen molar-refractivity contribution in [3.05, 3.63) is 29.8 Å². The van der Waals surface area contributed by atoms with Gasteiger partial charge in [0, 0.05) is 19.3 Å². The van der Waals surface area contributed by atoms with Crippen LogP contribution >= 0.6 is 0 Å². The van der Waals surface area contributed by atoms with E-state index in [9.17, 15) is 0 Å². The van der Waals surface area contributed by atoms with Gasteiger partial charge in [-0.15, -0.1) is 0 Å². The third-order valence-corrected chi connectivity index (χ3v) is 3.11. The minimum atomic E-state index is 0.584. The molecular formula is C15H26N2. The van der Waals surface area contributed by atoms with Crippen LogP contribution in [-0.2, 0) is 0 Å². The molecule has 0 heterocycles. The van der Waals surface area contributed by atoms with Gasteiger partial charge in [-0.3, -0.25) is 0 Å². The summed E-state index contributed by atoms with van der Waals surface area (Å²) in [7, 11) is 2.15. The van der Waals surface area contributed by atoms with E-state index in [4.69, 9.17) is 5.73 Å². The van der Waals surface area contributed by atoms with Crippen LogP contribution in [0.4, 0.5) is 5.69 Å². The standard InChI is InChI=1S/C15H26N2/c1-12(2)8-14(10-16)11-17(4)15-7-5-6-13(3)9-15/h5-7,9,12,14H,8,10-11,16H2,1-4H3. The number of hydrogen-bond donors (Lipinski definition) is 1. The third kappa shape index (κ3) is 4.78. The summed E-state index contributed by atoms with van der Waals surface area (Å²) in [5.74, 6) is 1.30. The van der Waals surface area contributed by atoms with Gasteiger partial charge in [-0.1, -0.05) is 26.0 Å². The normalized spacial score (nSPS) is 12.8. The van der Waals surface area contributed by atoms with Gasteiger partial charge in [0.05, 0.1) is 0 Å². The van der Waals surface area contributed by atoms with E-state index in [1.54, 1.807) is 0 Å². The summed E-state index contributed by atoms with van der Waals surface area (Å²) in [5, 5.41) is 0. The summed E-state index contributed by atoms with van der Waals surface area (Å²) in [6.45, 7) is 8.46. The molecule has 0 fully saturated rings. The first kappa shape index (κ1) is 14.0. The maximum absolute atomic E-state index is 5.85. The van der Waals surface area contributed by atoms with E-state index in [1.165, 1.54) is 17.7 Å². The molecule has 0 radical (unpaired) electrons. The molecule has 0 bridgehead atoms. The van der Waals surface area contributed by atoms with Crippen LogP contribution in [0.15, 0.2) is 24.3 Å². The van der Waals surface area contributed by atoms with E-state index < -0.39 is 0 Å². The van der Waals surface area contributed by atoms with Crippen molar-refractivity contribution in [1.82, 2.24) is 0 Å². The first-order valence-electron chi connectivity index (χ1n) is 6.50. The molecule has 0 amide bonds. The molecule has 0 aromatic heterocycles. The zero-order valence-corrected chi connectivity index (χ0v) is 11.6. The van der Waals surface area contributed by atoms with E-state index in [0.717, 1.165) is 19.0 Å². The van der Waals surface area contributed by atoms with Gasteiger partial charge in [-0.25, -0.2) is 0 Å². The summed E-state index contributed by atoms with van der Waals surface area (Å²) in [5.41, 5.74) is 8.44. The van der Waals surface area contributed by atoms with Gasteiger partial charge in [0.1, 0.15) is 0 Å². The summed E-state index contributed by atoms with van der Waals surface area (Å²) < 4.78 is 0. The number of nitrogens with two attached hydrogens (primary N) is 1. The van der Waals surface area contributed by atoms with Crippen molar-refractivity contribution < 1.29 is 0 Å².